The summed E-state index contributed by atoms with van der Waals surface area (Å²) in [4.78, 5) is 4.25. The van der Waals surface area contributed by atoms with Gasteiger partial charge in [-0.2, -0.15) is 5.10 Å². The number of hydrogen-bond acceptors (Lipinski definition) is 3. The molecule has 106 valence electrons. The predicted molar refractivity (Wildman–Crippen MR) is 80.9 cm³/mol. The highest BCUT2D eigenvalue weighted by Crippen LogP contribution is 2.28. The minimum Gasteiger partial charge on any atom is -0.396 e. The Kier molecular flexibility index (Phi) is 3.35. The highest BCUT2D eigenvalue weighted by Gasteiger charge is 2.12. The number of benzene rings is 1. The molecule has 3 rings (SSSR count). The molecule has 0 saturated heterocycles. The Bertz CT molecular complexity index is 813. The fraction of sp³-hybridized carbons (Fsp3) is 0.0667. The third kappa shape index (κ3) is 2.60. The zero-order valence-corrected chi connectivity index (χ0v) is 12.0. The molecule has 4 nitrogen and oxygen atoms in total. The van der Waals surface area contributed by atoms with Crippen molar-refractivity contribution in [2.45, 2.75) is 6.92 Å². The number of anilines is 1. The van der Waals surface area contributed by atoms with Crippen LogP contribution in [0.3, 0.4) is 0 Å². The van der Waals surface area contributed by atoms with Gasteiger partial charge in [-0.25, -0.2) is 14.1 Å². The molecular weight excluding hydrogens is 291 g/mol. The van der Waals surface area contributed by atoms with E-state index in [9.17, 15) is 4.39 Å². The van der Waals surface area contributed by atoms with Crippen molar-refractivity contribution in [3.63, 3.8) is 0 Å². The predicted octanol–water partition coefficient (Wildman–Crippen LogP) is 3.62. The van der Waals surface area contributed by atoms with Gasteiger partial charge in [0.25, 0.3) is 0 Å². The Balaban J connectivity index is 2.07. The van der Waals surface area contributed by atoms with Gasteiger partial charge in [-0.15, -0.1) is 0 Å². The van der Waals surface area contributed by atoms with Gasteiger partial charge in [-0.1, -0.05) is 11.6 Å². The molecule has 6 heteroatoms. The quantitative estimate of drug-likeness (QED) is 0.786. The largest absolute Gasteiger partial charge is 0.396 e. The molecule has 2 heterocycles. The van der Waals surface area contributed by atoms with E-state index in [1.165, 1.54) is 12.1 Å². The van der Waals surface area contributed by atoms with Crippen LogP contribution in [0.4, 0.5) is 10.1 Å². The monoisotopic (exact) mass is 302 g/mol. The molecule has 1 aromatic carbocycles. The van der Waals surface area contributed by atoms with Gasteiger partial charge in [-0.3, -0.25) is 0 Å². The van der Waals surface area contributed by atoms with Crippen molar-refractivity contribution in [2.75, 3.05) is 5.73 Å². The van der Waals surface area contributed by atoms with Crippen molar-refractivity contribution in [1.82, 2.24) is 14.8 Å². The fourth-order valence-electron chi connectivity index (χ4n) is 2.02. The van der Waals surface area contributed by atoms with E-state index in [0.29, 0.717) is 22.8 Å². The summed E-state index contributed by atoms with van der Waals surface area (Å²) in [6, 6.07) is 8.18. The lowest BCUT2D eigenvalue weighted by Gasteiger charge is -2.01. The van der Waals surface area contributed by atoms with E-state index in [1.807, 2.05) is 19.1 Å². The molecule has 0 amide bonds. The van der Waals surface area contributed by atoms with Crippen molar-refractivity contribution in [1.29, 1.82) is 0 Å². The smallest absolute Gasteiger partial charge is 0.153 e. The van der Waals surface area contributed by atoms with E-state index in [1.54, 1.807) is 23.1 Å². The Morgan fingerprint density at radius 1 is 1.24 bits per heavy atom. The van der Waals surface area contributed by atoms with E-state index in [0.717, 1.165) is 5.56 Å². The molecule has 0 radical (unpaired) electrons. The minimum absolute atomic E-state index is 0.0372. The highest BCUT2D eigenvalue weighted by molar-refractivity contribution is 6.31. The van der Waals surface area contributed by atoms with Gasteiger partial charge in [0.15, 0.2) is 5.82 Å². The lowest BCUT2D eigenvalue weighted by atomic mass is 10.1. The summed E-state index contributed by atoms with van der Waals surface area (Å²) < 4.78 is 14.8. The molecule has 2 aromatic heterocycles. The molecule has 0 aliphatic carbocycles. The number of nitrogen functional groups attached to an aromatic ring is 1. The first-order chi connectivity index (χ1) is 10.0. The summed E-state index contributed by atoms with van der Waals surface area (Å²) in [6.45, 7) is 1.97. The number of nitrogens with two attached hydrogens (primary N) is 1. The molecular formula is C15H12ClFN4. The summed E-state index contributed by atoms with van der Waals surface area (Å²) in [5, 5.41) is 4.45. The van der Waals surface area contributed by atoms with Crippen molar-refractivity contribution >= 4 is 17.3 Å². The summed E-state index contributed by atoms with van der Waals surface area (Å²) in [6.07, 6.45) is 3.38. The first kappa shape index (κ1) is 13.6. The Morgan fingerprint density at radius 2 is 2.05 bits per heavy atom. The van der Waals surface area contributed by atoms with Crippen LogP contribution < -0.4 is 5.73 Å². The molecule has 3 aromatic rings. The molecule has 0 aliphatic rings. The van der Waals surface area contributed by atoms with Crippen LogP contribution >= 0.6 is 11.6 Å². The average Bonchev–Trinajstić information content (AvgIpc) is 2.84. The molecule has 0 bridgehead atoms. The van der Waals surface area contributed by atoms with Crippen molar-refractivity contribution in [3.8, 4) is 17.1 Å². The van der Waals surface area contributed by atoms with Crippen molar-refractivity contribution < 1.29 is 4.39 Å². The van der Waals surface area contributed by atoms with Crippen LogP contribution in [0, 0.1) is 12.7 Å². The van der Waals surface area contributed by atoms with Crippen LogP contribution in [-0.2, 0) is 0 Å². The van der Waals surface area contributed by atoms with Crippen molar-refractivity contribution in [3.05, 3.63) is 59.1 Å². The molecule has 0 unspecified atom stereocenters. The zero-order valence-electron chi connectivity index (χ0n) is 11.2. The third-order valence-electron chi connectivity index (χ3n) is 3.07. The van der Waals surface area contributed by atoms with E-state index < -0.39 is 5.82 Å². The molecule has 0 saturated carbocycles. The number of hydrogen-bond donors (Lipinski definition) is 1. The van der Waals surface area contributed by atoms with Crippen molar-refractivity contribution in [2.24, 2.45) is 0 Å². The first-order valence-corrected chi connectivity index (χ1v) is 6.66. The lowest BCUT2D eigenvalue weighted by Crippen LogP contribution is -1.98. The molecule has 0 atom stereocenters. The molecule has 21 heavy (non-hydrogen) atoms. The van der Waals surface area contributed by atoms with Crippen LogP contribution in [-0.4, -0.2) is 14.8 Å². The normalized spacial score (nSPS) is 10.8. The number of nitrogens with zero attached hydrogens (tertiary/aromatic N) is 3. The van der Waals surface area contributed by atoms with Crippen LogP contribution in [0.25, 0.3) is 17.1 Å². The van der Waals surface area contributed by atoms with Crippen LogP contribution in [0.1, 0.15) is 5.56 Å². The highest BCUT2D eigenvalue weighted by atomic mass is 35.5. The second-order valence-electron chi connectivity index (χ2n) is 4.70. The average molecular weight is 303 g/mol. The zero-order chi connectivity index (χ0) is 15.0. The maximum Gasteiger partial charge on any atom is 0.153 e. The number of halogens is 2. The molecule has 0 fully saturated rings. The maximum absolute atomic E-state index is 13.2. The number of pyridine rings is 1. The fourth-order valence-corrected chi connectivity index (χ4v) is 2.20. The SMILES string of the molecule is Cc1ccnc(-n2cc(N)c(-c3ccc(F)c(Cl)c3)n2)c1. The van der Waals surface area contributed by atoms with Gasteiger partial charge in [0, 0.05) is 11.8 Å². The van der Waals surface area contributed by atoms with Gasteiger partial charge in [0.2, 0.25) is 0 Å². The third-order valence-corrected chi connectivity index (χ3v) is 3.36. The molecule has 0 spiro atoms. The van der Waals surface area contributed by atoms with E-state index in [-0.39, 0.29) is 5.02 Å². The Hall–Kier alpha value is -2.40. The lowest BCUT2D eigenvalue weighted by molar-refractivity contribution is 0.628. The first-order valence-electron chi connectivity index (χ1n) is 6.28. The van der Waals surface area contributed by atoms with Crippen LogP contribution in [0.2, 0.25) is 5.02 Å². The minimum atomic E-state index is -0.473. The van der Waals surface area contributed by atoms with E-state index in [2.05, 4.69) is 10.1 Å². The Labute approximate surface area is 126 Å². The summed E-state index contributed by atoms with van der Waals surface area (Å²) in [5.41, 5.74) is 8.73. The van der Waals surface area contributed by atoms with Crippen LogP contribution in [0.5, 0.6) is 0 Å². The summed E-state index contributed by atoms with van der Waals surface area (Å²) in [5.74, 6) is 0.194. The van der Waals surface area contributed by atoms with E-state index in [4.69, 9.17) is 17.3 Å². The van der Waals surface area contributed by atoms with Gasteiger partial charge < -0.3 is 5.73 Å². The number of aryl methyl sites for hydroxylation is 1. The second kappa shape index (κ2) is 5.18. The maximum atomic E-state index is 13.2. The second-order valence-corrected chi connectivity index (χ2v) is 5.11. The van der Waals surface area contributed by atoms with Gasteiger partial charge in [-0.05, 0) is 42.8 Å². The number of aromatic nitrogens is 3. The van der Waals surface area contributed by atoms with E-state index >= 15 is 0 Å². The summed E-state index contributed by atoms with van der Waals surface area (Å²) in [7, 11) is 0. The molecule has 0 aliphatic heterocycles. The van der Waals surface area contributed by atoms with Crippen LogP contribution in [0.15, 0.2) is 42.7 Å². The van der Waals surface area contributed by atoms with Gasteiger partial charge in [0.05, 0.1) is 16.9 Å². The van der Waals surface area contributed by atoms with Gasteiger partial charge in [0.1, 0.15) is 11.5 Å². The Morgan fingerprint density at radius 3 is 2.76 bits per heavy atom. The molecule has 2 N–H and O–H groups in total. The van der Waals surface area contributed by atoms with Gasteiger partial charge >= 0.3 is 0 Å². The topological polar surface area (TPSA) is 56.7 Å². The number of rotatable bonds is 2. The standard InChI is InChI=1S/C15H12ClFN4/c1-9-4-5-19-14(6-9)21-8-13(18)15(20-21)10-2-3-12(17)11(16)7-10/h2-8H,18H2,1H3. The summed E-state index contributed by atoms with van der Waals surface area (Å²) >= 11 is 5.80.